The Bertz CT molecular complexity index is 3980. The second-order valence-corrected chi connectivity index (χ2v) is 24.7. The van der Waals surface area contributed by atoms with Gasteiger partial charge in [0.05, 0.1) is 11.1 Å². The second-order valence-electron chi connectivity index (χ2n) is 24.7. The summed E-state index contributed by atoms with van der Waals surface area (Å²) >= 11 is 0. The molecule has 0 radical (unpaired) electrons. The van der Waals surface area contributed by atoms with E-state index in [1.54, 1.807) is 0 Å². The van der Waals surface area contributed by atoms with Crippen molar-refractivity contribution in [2.24, 2.45) is 0 Å². The average molecular weight is 1010 g/mol. The topological polar surface area (TPSA) is 6.48 Å². The number of fused-ring (bicyclic) bond motifs is 10. The number of hydrogen-bond acceptors (Lipinski definition) is 2. The highest BCUT2D eigenvalue weighted by atomic mass is 15.3. The van der Waals surface area contributed by atoms with Crippen LogP contribution < -0.4 is 9.80 Å². The van der Waals surface area contributed by atoms with Crippen molar-refractivity contribution in [1.29, 1.82) is 0 Å². The first-order valence-electron chi connectivity index (χ1n) is 29.0. The van der Waals surface area contributed by atoms with Gasteiger partial charge in [0.15, 0.2) is 0 Å². The summed E-state index contributed by atoms with van der Waals surface area (Å²) in [5, 5.41) is 10.2. The maximum atomic E-state index is 2.73. The highest BCUT2D eigenvalue weighted by molar-refractivity contribution is 6.26. The minimum atomic E-state index is -0.0240. The van der Waals surface area contributed by atoms with E-state index in [1.165, 1.54) is 184 Å². The van der Waals surface area contributed by atoms with Gasteiger partial charge in [0.1, 0.15) is 0 Å². The monoisotopic (exact) mass is 1010 g/mol. The molecule has 15 rings (SSSR count). The van der Waals surface area contributed by atoms with Gasteiger partial charge in [0.25, 0.3) is 0 Å². The molecule has 2 aliphatic heterocycles. The summed E-state index contributed by atoms with van der Waals surface area (Å²) in [6, 6.07) is 79.4. The van der Waals surface area contributed by atoms with E-state index in [-0.39, 0.29) is 21.9 Å². The normalized spacial score (nSPS) is 22.5. The first kappa shape index (κ1) is 47.3. The van der Waals surface area contributed by atoms with E-state index in [9.17, 15) is 0 Å². The Hall–Kier alpha value is -7.94. The van der Waals surface area contributed by atoms with Crippen LogP contribution in [0.15, 0.2) is 206 Å². The van der Waals surface area contributed by atoms with Crippen molar-refractivity contribution in [2.45, 2.75) is 115 Å². The van der Waals surface area contributed by atoms with Crippen LogP contribution in [0.3, 0.4) is 0 Å². The molecule has 11 aromatic carbocycles. The van der Waals surface area contributed by atoms with E-state index in [0.29, 0.717) is 0 Å². The molecule has 2 fully saturated rings. The van der Waals surface area contributed by atoms with Crippen molar-refractivity contribution in [3.63, 3.8) is 0 Å². The molecule has 2 nitrogen and oxygen atoms in total. The van der Waals surface area contributed by atoms with Gasteiger partial charge in [-0.2, -0.15) is 0 Å². The minimum Gasteiger partial charge on any atom is -0.334 e. The molecule has 4 unspecified atom stereocenters. The molecule has 0 aromatic heterocycles. The van der Waals surface area contributed by atoms with Crippen LogP contribution in [0, 0.1) is 13.8 Å². The van der Waals surface area contributed by atoms with Crippen LogP contribution >= 0.6 is 0 Å². The van der Waals surface area contributed by atoms with E-state index in [4.69, 9.17) is 0 Å². The van der Waals surface area contributed by atoms with Crippen LogP contribution in [0.25, 0.3) is 87.6 Å². The third kappa shape index (κ3) is 6.56. The lowest BCUT2D eigenvalue weighted by atomic mass is 9.61. The fourth-order valence-corrected chi connectivity index (χ4v) is 16.4. The van der Waals surface area contributed by atoms with Crippen LogP contribution in [0.2, 0.25) is 0 Å². The zero-order valence-corrected chi connectivity index (χ0v) is 46.2. The number of anilines is 4. The smallest absolute Gasteiger partial charge is 0.0518 e. The molecule has 4 aliphatic rings. The molecule has 2 heteroatoms. The number of rotatable bonds is 6. The van der Waals surface area contributed by atoms with E-state index in [0.717, 1.165) is 0 Å². The summed E-state index contributed by atoms with van der Waals surface area (Å²) in [6.07, 6.45) is 9.74. The number of para-hydroxylation sites is 2. The predicted octanol–water partition coefficient (Wildman–Crippen LogP) is 21.1. The highest BCUT2D eigenvalue weighted by Crippen LogP contribution is 2.64. The Morgan fingerprint density at radius 3 is 1.14 bits per heavy atom. The van der Waals surface area contributed by atoms with Gasteiger partial charge in [-0.1, -0.05) is 185 Å². The lowest BCUT2D eigenvalue weighted by Gasteiger charge is -2.50. The van der Waals surface area contributed by atoms with Gasteiger partial charge in [0, 0.05) is 33.6 Å². The number of benzene rings is 11. The lowest BCUT2D eigenvalue weighted by molar-refractivity contribution is 0.195. The Morgan fingerprint density at radius 2 is 0.705 bits per heavy atom. The number of hydrogen-bond donors (Lipinski definition) is 0. The molecule has 0 N–H and O–H groups in total. The van der Waals surface area contributed by atoms with E-state index in [2.05, 4.69) is 258 Å². The Balaban J connectivity index is 1.00. The SMILES string of the molecule is Cc1cc(-c2ccc3c(-c4cccc5ccccc45)c4cc(-c5cc(C)c6c(c5)C5(C)CCCCC5(C)N6c5ccccc5)ccc4c(-c4cccc5ccccc45)c3c2)cc2c1N(c1ccccc1)C1(C)CCCCC21C. The number of aryl methyl sites for hydroxylation is 2. The molecule has 0 saturated heterocycles. The van der Waals surface area contributed by atoms with Gasteiger partial charge >= 0.3 is 0 Å². The van der Waals surface area contributed by atoms with Gasteiger partial charge < -0.3 is 9.80 Å². The lowest BCUT2D eigenvalue weighted by Crippen LogP contribution is -2.54. The first-order chi connectivity index (χ1) is 38.0. The zero-order chi connectivity index (χ0) is 52.7. The molecule has 382 valence electrons. The fraction of sp³-hybridized carbons (Fsp3) is 0.237. The fourth-order valence-electron chi connectivity index (χ4n) is 16.4. The maximum Gasteiger partial charge on any atom is 0.0518 e. The summed E-state index contributed by atoms with van der Waals surface area (Å²) in [5.41, 5.74) is 21.3. The Morgan fingerprint density at radius 1 is 0.321 bits per heavy atom. The molecule has 11 aromatic rings. The summed E-state index contributed by atoms with van der Waals surface area (Å²) in [5.74, 6) is 0. The molecule has 0 spiro atoms. The van der Waals surface area contributed by atoms with Crippen molar-refractivity contribution >= 4 is 65.8 Å². The van der Waals surface area contributed by atoms with Crippen LogP contribution in [-0.4, -0.2) is 11.1 Å². The summed E-state index contributed by atoms with van der Waals surface area (Å²) in [6.45, 7) is 15.0. The summed E-state index contributed by atoms with van der Waals surface area (Å²) in [4.78, 5) is 5.46. The van der Waals surface area contributed by atoms with Gasteiger partial charge in [0.2, 0.25) is 0 Å². The van der Waals surface area contributed by atoms with Crippen molar-refractivity contribution in [3.05, 3.63) is 229 Å². The second kappa shape index (κ2) is 17.3. The van der Waals surface area contributed by atoms with Crippen LogP contribution in [0.4, 0.5) is 22.7 Å². The molecular weight excluding hydrogens is 941 g/mol. The van der Waals surface area contributed by atoms with Crippen molar-refractivity contribution in [3.8, 4) is 44.5 Å². The third-order valence-corrected chi connectivity index (χ3v) is 20.7. The van der Waals surface area contributed by atoms with Crippen molar-refractivity contribution in [2.75, 3.05) is 9.80 Å². The zero-order valence-electron chi connectivity index (χ0n) is 46.2. The molecule has 78 heavy (non-hydrogen) atoms. The average Bonchev–Trinajstić information content (AvgIpc) is 2.50. The van der Waals surface area contributed by atoms with Gasteiger partial charge in [-0.25, -0.2) is 0 Å². The largest absolute Gasteiger partial charge is 0.334 e. The molecule has 2 heterocycles. The van der Waals surface area contributed by atoms with E-state index >= 15 is 0 Å². The van der Waals surface area contributed by atoms with Crippen molar-refractivity contribution < 1.29 is 0 Å². The maximum absolute atomic E-state index is 2.73. The Kier molecular flexibility index (Phi) is 10.5. The minimum absolute atomic E-state index is 0.00400. The van der Waals surface area contributed by atoms with Crippen LogP contribution in [0.1, 0.15) is 101 Å². The standard InChI is InChI=1S/C76H68N2/c1-49-43-55(47-67-71(49)77(57-27-9-7-10-28-57)75(5)41-19-17-39-73(67,75)3)53-35-37-63-65(45-53)69(61-33-21-25-51-23-13-15-31-59(51)61)64-38-36-54(46-66(64)70(63)62-34-22-26-52-24-14-16-32-60(52)62)56-44-50(2)72-68(48-56)74(4)40-18-20-42-76(74,6)78(72)58-29-11-8-12-30-58/h7-16,21-38,43-48H,17-20,39-42H2,1-6H3. The Labute approximate surface area is 461 Å². The molecule has 2 saturated carbocycles. The first-order valence-corrected chi connectivity index (χ1v) is 29.0. The molecular formula is C76H68N2. The molecule has 0 amide bonds. The highest BCUT2D eigenvalue weighted by Gasteiger charge is 2.59. The van der Waals surface area contributed by atoms with Gasteiger partial charge in [-0.15, -0.1) is 0 Å². The predicted molar refractivity (Wildman–Crippen MR) is 333 cm³/mol. The summed E-state index contributed by atoms with van der Waals surface area (Å²) in [7, 11) is 0. The summed E-state index contributed by atoms with van der Waals surface area (Å²) < 4.78 is 0. The third-order valence-electron chi connectivity index (χ3n) is 20.7. The van der Waals surface area contributed by atoms with Gasteiger partial charge in [-0.05, 0) is 224 Å². The molecule has 2 aliphatic carbocycles. The molecule has 4 atom stereocenters. The number of nitrogens with zero attached hydrogens (tertiary/aromatic N) is 2. The van der Waals surface area contributed by atoms with E-state index < -0.39 is 0 Å². The van der Waals surface area contributed by atoms with E-state index in [1.807, 2.05) is 0 Å². The van der Waals surface area contributed by atoms with Crippen LogP contribution in [-0.2, 0) is 10.8 Å². The van der Waals surface area contributed by atoms with Crippen LogP contribution in [0.5, 0.6) is 0 Å². The quantitative estimate of drug-likeness (QED) is 0.153. The molecule has 0 bridgehead atoms. The van der Waals surface area contributed by atoms with Gasteiger partial charge in [-0.3, -0.25) is 0 Å². The van der Waals surface area contributed by atoms with Crippen molar-refractivity contribution in [1.82, 2.24) is 0 Å².